The predicted octanol–water partition coefficient (Wildman–Crippen LogP) is 5.69. The van der Waals surface area contributed by atoms with Crippen LogP contribution in [0.25, 0.3) is 0 Å². The topological polar surface area (TPSA) is 117 Å². The lowest BCUT2D eigenvalue weighted by Crippen LogP contribution is -2.54. The SMILES string of the molecule is CC[C@H](C)[C@@H]([C@@H](CC(=O)N1CCC[C@H]1[C@H](OC)[C@@H](C)C(=O)N[C@H](C)C(C)c1ccccc1)OC)N(C)C(=O)[C@@H](CC(=O)[C@@H](NC)C(C)C)C(C)C. The van der Waals surface area contributed by atoms with Crippen molar-refractivity contribution in [3.05, 3.63) is 35.9 Å². The minimum atomic E-state index is -0.561. The molecule has 1 fully saturated rings. The van der Waals surface area contributed by atoms with Crippen LogP contribution < -0.4 is 10.6 Å². The van der Waals surface area contributed by atoms with Crippen molar-refractivity contribution in [3.8, 4) is 0 Å². The van der Waals surface area contributed by atoms with E-state index >= 15 is 0 Å². The zero-order valence-corrected chi connectivity index (χ0v) is 33.9. The molecule has 51 heavy (non-hydrogen) atoms. The predicted molar refractivity (Wildman–Crippen MR) is 204 cm³/mol. The van der Waals surface area contributed by atoms with E-state index in [-0.39, 0.29) is 84.2 Å². The fraction of sp³-hybridized carbons (Fsp3) is 0.756. The molecule has 0 aliphatic carbocycles. The first kappa shape index (κ1) is 44.3. The van der Waals surface area contributed by atoms with Gasteiger partial charge >= 0.3 is 0 Å². The zero-order chi connectivity index (χ0) is 38.6. The molecule has 0 aromatic heterocycles. The van der Waals surface area contributed by atoms with Crippen molar-refractivity contribution < 1.29 is 28.7 Å². The summed E-state index contributed by atoms with van der Waals surface area (Å²) < 4.78 is 12.0. The summed E-state index contributed by atoms with van der Waals surface area (Å²) in [4.78, 5) is 58.8. The third kappa shape index (κ3) is 11.6. The number of rotatable bonds is 21. The summed E-state index contributed by atoms with van der Waals surface area (Å²) in [6, 6.07) is 9.08. The number of benzene rings is 1. The Kier molecular flexibility index (Phi) is 18.3. The van der Waals surface area contributed by atoms with Gasteiger partial charge in [0.05, 0.1) is 42.7 Å². The summed E-state index contributed by atoms with van der Waals surface area (Å²) in [5.74, 6) is -1.01. The number of Topliss-reactive ketones (excluding diaryl/α,β-unsaturated/α-hetero) is 1. The minimum Gasteiger partial charge on any atom is -0.379 e. The van der Waals surface area contributed by atoms with Gasteiger partial charge in [-0.05, 0) is 50.1 Å². The van der Waals surface area contributed by atoms with Gasteiger partial charge in [-0.2, -0.15) is 0 Å². The van der Waals surface area contributed by atoms with Gasteiger partial charge in [0, 0.05) is 52.1 Å². The molecule has 1 saturated heterocycles. The smallest absolute Gasteiger partial charge is 0.226 e. The van der Waals surface area contributed by atoms with Crippen molar-refractivity contribution in [1.29, 1.82) is 0 Å². The molecule has 2 N–H and O–H groups in total. The fourth-order valence-electron chi connectivity index (χ4n) is 7.91. The third-order valence-electron chi connectivity index (χ3n) is 11.6. The molecule has 10 nitrogen and oxygen atoms in total. The van der Waals surface area contributed by atoms with Crippen LogP contribution in [-0.4, -0.2) is 105 Å². The van der Waals surface area contributed by atoms with Crippen molar-refractivity contribution in [2.75, 3.05) is 34.9 Å². The van der Waals surface area contributed by atoms with Crippen LogP contribution in [0.5, 0.6) is 0 Å². The molecule has 3 amide bonds. The molecule has 1 aliphatic rings. The standard InChI is InChI=1S/C41H70N4O6/c1-14-27(6)38(44(11)41(49)32(25(2)3)23-34(46)37(42-10)26(4)5)35(50-12)24-36(47)45-22-18-21-33(45)39(51-13)29(8)40(48)43-30(9)28(7)31-19-16-15-17-20-31/h15-17,19-20,25-30,32-33,35,37-39,42H,14,18,21-24H2,1-13H3,(H,43,48)/t27-,28?,29+,30+,32-,33-,35+,37-,38-,39+/m0/s1. The Morgan fingerprint density at radius 3 is 2.06 bits per heavy atom. The zero-order valence-electron chi connectivity index (χ0n) is 33.9. The molecule has 1 aliphatic heterocycles. The van der Waals surface area contributed by atoms with Crippen molar-refractivity contribution >= 4 is 23.5 Å². The van der Waals surface area contributed by atoms with Crippen LogP contribution in [0.2, 0.25) is 0 Å². The number of carbonyl (C=O) groups excluding carboxylic acids is 4. The molecule has 1 aromatic carbocycles. The van der Waals surface area contributed by atoms with E-state index in [1.165, 1.54) is 0 Å². The fourth-order valence-corrected chi connectivity index (χ4v) is 7.91. The van der Waals surface area contributed by atoms with Crippen molar-refractivity contribution in [2.45, 2.75) is 137 Å². The second-order valence-electron chi connectivity index (χ2n) is 15.6. The van der Waals surface area contributed by atoms with Gasteiger partial charge in [0.15, 0.2) is 5.78 Å². The number of methoxy groups -OCH3 is 2. The van der Waals surface area contributed by atoms with Gasteiger partial charge in [-0.1, -0.05) is 92.1 Å². The quantitative estimate of drug-likeness (QED) is 0.168. The summed E-state index contributed by atoms with van der Waals surface area (Å²) in [6.07, 6.45) is 1.52. The van der Waals surface area contributed by atoms with E-state index in [0.29, 0.717) is 6.54 Å². The van der Waals surface area contributed by atoms with Gasteiger partial charge in [-0.15, -0.1) is 0 Å². The van der Waals surface area contributed by atoms with Crippen LogP contribution in [0.4, 0.5) is 0 Å². The second-order valence-corrected chi connectivity index (χ2v) is 15.6. The number of likely N-dealkylation sites (N-methyl/N-ethyl adjacent to an activating group) is 2. The lowest BCUT2D eigenvalue weighted by Gasteiger charge is -2.41. The van der Waals surface area contributed by atoms with Gasteiger partial charge in [0.1, 0.15) is 0 Å². The number of amides is 3. The largest absolute Gasteiger partial charge is 0.379 e. The highest BCUT2D eigenvalue weighted by Crippen LogP contribution is 2.31. The highest BCUT2D eigenvalue weighted by molar-refractivity contribution is 5.90. The number of hydrogen-bond acceptors (Lipinski definition) is 7. The molecule has 0 bridgehead atoms. The molecular formula is C41H70N4O6. The maximum atomic E-state index is 14.2. The molecule has 10 atom stereocenters. The highest BCUT2D eigenvalue weighted by Gasteiger charge is 2.43. The maximum absolute atomic E-state index is 14.2. The van der Waals surface area contributed by atoms with Crippen LogP contribution >= 0.6 is 0 Å². The number of nitrogens with zero attached hydrogens (tertiary/aromatic N) is 2. The molecule has 10 heteroatoms. The molecule has 0 spiro atoms. The van der Waals surface area contributed by atoms with Crippen LogP contribution in [0.1, 0.15) is 106 Å². The van der Waals surface area contributed by atoms with Crippen LogP contribution in [0.3, 0.4) is 0 Å². The van der Waals surface area contributed by atoms with E-state index in [9.17, 15) is 19.2 Å². The van der Waals surface area contributed by atoms with E-state index in [4.69, 9.17) is 9.47 Å². The molecule has 1 unspecified atom stereocenters. The first-order chi connectivity index (χ1) is 24.0. The molecule has 1 heterocycles. The van der Waals surface area contributed by atoms with Crippen molar-refractivity contribution in [1.82, 2.24) is 20.4 Å². The molecular weight excluding hydrogens is 644 g/mol. The molecule has 0 radical (unpaired) electrons. The second kappa shape index (κ2) is 21.0. The maximum Gasteiger partial charge on any atom is 0.226 e. The van der Waals surface area contributed by atoms with E-state index in [0.717, 1.165) is 24.8 Å². The van der Waals surface area contributed by atoms with E-state index in [1.807, 2.05) is 64.6 Å². The number of nitrogens with one attached hydrogen (secondary N) is 2. The molecule has 2 rings (SSSR count). The number of carbonyl (C=O) groups is 4. The summed E-state index contributed by atoms with van der Waals surface area (Å²) >= 11 is 0. The summed E-state index contributed by atoms with van der Waals surface area (Å²) in [5.41, 5.74) is 1.16. The van der Waals surface area contributed by atoms with Gasteiger partial charge in [0.2, 0.25) is 17.7 Å². The average molecular weight is 715 g/mol. The van der Waals surface area contributed by atoms with Gasteiger partial charge in [-0.3, -0.25) is 19.2 Å². The van der Waals surface area contributed by atoms with Gasteiger partial charge in [-0.25, -0.2) is 0 Å². The Morgan fingerprint density at radius 2 is 1.55 bits per heavy atom. The Hall–Kier alpha value is -2.82. The van der Waals surface area contributed by atoms with Crippen molar-refractivity contribution in [2.24, 2.45) is 29.6 Å². The summed E-state index contributed by atoms with van der Waals surface area (Å²) in [7, 11) is 6.77. The van der Waals surface area contributed by atoms with Crippen LogP contribution in [0.15, 0.2) is 30.3 Å². The third-order valence-corrected chi connectivity index (χ3v) is 11.6. The lowest BCUT2D eigenvalue weighted by molar-refractivity contribution is -0.149. The number of ketones is 1. The lowest BCUT2D eigenvalue weighted by atomic mass is 9.84. The Bertz CT molecular complexity index is 1240. The Labute approximate surface area is 309 Å². The normalized spacial score (nSPS) is 20.2. The highest BCUT2D eigenvalue weighted by atomic mass is 16.5. The Balaban J connectivity index is 2.24. The first-order valence-electron chi connectivity index (χ1n) is 19.2. The first-order valence-corrected chi connectivity index (χ1v) is 19.2. The summed E-state index contributed by atoms with van der Waals surface area (Å²) in [5, 5.41) is 6.32. The van der Waals surface area contributed by atoms with Gasteiger partial charge < -0.3 is 29.9 Å². The number of likely N-dealkylation sites (tertiary alicyclic amines) is 1. The Morgan fingerprint density at radius 1 is 0.922 bits per heavy atom. The van der Waals surface area contributed by atoms with Gasteiger partial charge in [0.25, 0.3) is 0 Å². The number of ether oxygens (including phenoxy) is 2. The number of hydrogen-bond donors (Lipinski definition) is 2. The van der Waals surface area contributed by atoms with Crippen LogP contribution in [-0.2, 0) is 28.7 Å². The van der Waals surface area contributed by atoms with E-state index in [1.54, 1.807) is 33.2 Å². The monoisotopic (exact) mass is 715 g/mol. The molecule has 0 saturated carbocycles. The average Bonchev–Trinajstić information content (AvgIpc) is 3.59. The van der Waals surface area contributed by atoms with E-state index in [2.05, 4.69) is 43.5 Å². The molecule has 1 aromatic rings. The molecule has 290 valence electrons. The van der Waals surface area contributed by atoms with Crippen LogP contribution in [0, 0.1) is 29.6 Å². The summed E-state index contributed by atoms with van der Waals surface area (Å²) in [6.45, 7) is 18.7. The van der Waals surface area contributed by atoms with Crippen molar-refractivity contribution in [3.63, 3.8) is 0 Å². The van der Waals surface area contributed by atoms with E-state index < -0.39 is 24.0 Å². The minimum absolute atomic E-state index is 0.0300.